The van der Waals surface area contributed by atoms with E-state index in [1.54, 1.807) is 0 Å². The molecule has 3 heteroatoms. The first kappa shape index (κ1) is 24.2. The summed E-state index contributed by atoms with van der Waals surface area (Å²) in [5.74, 6) is 0.700. The van der Waals surface area contributed by atoms with Crippen molar-refractivity contribution in [2.24, 2.45) is 0 Å². The van der Waals surface area contributed by atoms with E-state index in [9.17, 15) is 0 Å². The average molecular weight is 579 g/mol. The Bertz CT molecular complexity index is 2470. The molecule has 3 heterocycles. The first-order valence-corrected chi connectivity index (χ1v) is 16.0. The molecule has 206 valence electrons. The van der Waals surface area contributed by atoms with E-state index in [0.29, 0.717) is 11.8 Å². The van der Waals surface area contributed by atoms with Gasteiger partial charge < -0.3 is 4.57 Å². The summed E-state index contributed by atoms with van der Waals surface area (Å²) in [7, 11) is 0. The van der Waals surface area contributed by atoms with E-state index in [1.165, 1.54) is 75.5 Å². The molecule has 0 amide bonds. The Morgan fingerprint density at radius 3 is 2.09 bits per heavy atom. The maximum absolute atomic E-state index is 5.00. The molecular formula is C41H26N2S. The van der Waals surface area contributed by atoms with Crippen molar-refractivity contribution in [3.8, 4) is 28.1 Å². The summed E-state index contributed by atoms with van der Waals surface area (Å²) in [6.45, 7) is 0. The zero-order chi connectivity index (χ0) is 28.8. The van der Waals surface area contributed by atoms with Gasteiger partial charge in [0.05, 0.1) is 21.4 Å². The average Bonchev–Trinajstić information content (AvgIpc) is 3.64. The van der Waals surface area contributed by atoms with Gasteiger partial charge in [0.1, 0.15) is 0 Å². The molecule has 2 atom stereocenters. The Hall–Kier alpha value is -5.25. The third-order valence-corrected chi connectivity index (χ3v) is 10.8. The zero-order valence-electron chi connectivity index (χ0n) is 23.8. The Balaban J connectivity index is 1.16. The van der Waals surface area contributed by atoms with Crippen LogP contribution in [-0.4, -0.2) is 9.55 Å². The molecule has 0 spiro atoms. The SMILES string of the molecule is C1=CC2c3ccccc3-c3ccc(-c4nccc5c4sc4ccc(-n6c7ccccc7c7ccccc76)cc45)cc3C2C=C1. The number of hydrogen-bond acceptors (Lipinski definition) is 2. The molecule has 44 heavy (non-hydrogen) atoms. The van der Waals surface area contributed by atoms with Crippen LogP contribution in [0.4, 0.5) is 0 Å². The molecule has 2 aliphatic rings. The van der Waals surface area contributed by atoms with Crippen molar-refractivity contribution in [3.63, 3.8) is 0 Å². The number of para-hydroxylation sites is 2. The highest BCUT2D eigenvalue weighted by molar-refractivity contribution is 7.26. The first-order chi connectivity index (χ1) is 21.8. The van der Waals surface area contributed by atoms with Crippen LogP contribution in [0, 0.1) is 0 Å². The topological polar surface area (TPSA) is 17.8 Å². The van der Waals surface area contributed by atoms with Crippen molar-refractivity contribution in [1.82, 2.24) is 9.55 Å². The molecule has 5 aromatic carbocycles. The summed E-state index contributed by atoms with van der Waals surface area (Å²) in [5.41, 5.74) is 11.4. The van der Waals surface area contributed by atoms with Crippen LogP contribution in [0.5, 0.6) is 0 Å². The van der Waals surface area contributed by atoms with Crippen LogP contribution in [0.15, 0.2) is 146 Å². The van der Waals surface area contributed by atoms with E-state index in [1.807, 2.05) is 17.5 Å². The minimum absolute atomic E-state index is 0.334. The van der Waals surface area contributed by atoms with Gasteiger partial charge in [0.15, 0.2) is 0 Å². The van der Waals surface area contributed by atoms with Gasteiger partial charge in [-0.1, -0.05) is 97.1 Å². The van der Waals surface area contributed by atoms with Gasteiger partial charge in [-0.05, 0) is 64.7 Å². The number of aromatic nitrogens is 2. The number of rotatable bonds is 2. The lowest BCUT2D eigenvalue weighted by Crippen LogP contribution is -2.16. The van der Waals surface area contributed by atoms with Crippen LogP contribution in [0.3, 0.4) is 0 Å². The fourth-order valence-corrected chi connectivity index (χ4v) is 8.89. The minimum Gasteiger partial charge on any atom is -0.309 e. The van der Waals surface area contributed by atoms with Crippen molar-refractivity contribution < 1.29 is 0 Å². The molecule has 2 nitrogen and oxygen atoms in total. The molecule has 0 radical (unpaired) electrons. The molecular weight excluding hydrogens is 553 g/mol. The molecule has 0 bridgehead atoms. The summed E-state index contributed by atoms with van der Waals surface area (Å²) in [5, 5.41) is 5.11. The summed E-state index contributed by atoms with van der Waals surface area (Å²) in [4.78, 5) is 5.00. The van der Waals surface area contributed by atoms with E-state index in [0.717, 1.165) is 5.69 Å². The fraction of sp³-hybridized carbons (Fsp3) is 0.0488. The van der Waals surface area contributed by atoms with E-state index < -0.39 is 0 Å². The molecule has 0 N–H and O–H groups in total. The maximum Gasteiger partial charge on any atom is 0.0880 e. The first-order valence-electron chi connectivity index (χ1n) is 15.2. The number of allylic oxidation sites excluding steroid dienone is 4. The normalized spacial score (nSPS) is 16.9. The van der Waals surface area contributed by atoms with E-state index >= 15 is 0 Å². The highest BCUT2D eigenvalue weighted by atomic mass is 32.1. The molecule has 10 rings (SSSR count). The van der Waals surface area contributed by atoms with Crippen molar-refractivity contribution in [3.05, 3.63) is 157 Å². The maximum atomic E-state index is 5.00. The van der Waals surface area contributed by atoms with Gasteiger partial charge in [-0.2, -0.15) is 0 Å². The van der Waals surface area contributed by atoms with Gasteiger partial charge >= 0.3 is 0 Å². The Morgan fingerprint density at radius 1 is 0.568 bits per heavy atom. The van der Waals surface area contributed by atoms with Crippen molar-refractivity contribution in [2.75, 3.05) is 0 Å². The van der Waals surface area contributed by atoms with Crippen LogP contribution in [0.1, 0.15) is 23.0 Å². The summed E-state index contributed by atoms with van der Waals surface area (Å²) >= 11 is 1.85. The standard InChI is InChI=1S/C41H26N2S/c1-2-11-29-27(9-1)28-10-3-4-12-30(28)35-23-25(17-19-31(29)35)40-41-34(21-22-42-40)36-24-26(18-20-39(36)44-41)43-37-15-7-5-13-32(37)33-14-6-8-16-38(33)43/h1-24,28,30H. The highest BCUT2D eigenvalue weighted by Gasteiger charge is 2.32. The second-order valence-corrected chi connectivity index (χ2v) is 13.0. The Labute approximate surface area is 258 Å². The zero-order valence-corrected chi connectivity index (χ0v) is 24.6. The lowest BCUT2D eigenvalue weighted by molar-refractivity contribution is 0.720. The highest BCUT2D eigenvalue weighted by Crippen LogP contribution is 2.50. The second kappa shape index (κ2) is 9.12. The number of hydrogen-bond donors (Lipinski definition) is 0. The summed E-state index contributed by atoms with van der Waals surface area (Å²) < 4.78 is 4.93. The lowest BCUT2D eigenvalue weighted by atomic mass is 9.69. The van der Waals surface area contributed by atoms with Gasteiger partial charge in [0.2, 0.25) is 0 Å². The molecule has 3 aromatic heterocycles. The van der Waals surface area contributed by atoms with Gasteiger partial charge in [-0.25, -0.2) is 0 Å². The monoisotopic (exact) mass is 578 g/mol. The third-order valence-electron chi connectivity index (χ3n) is 9.64. The van der Waals surface area contributed by atoms with Gasteiger partial charge in [0, 0.05) is 55.5 Å². The molecule has 0 saturated heterocycles. The van der Waals surface area contributed by atoms with E-state index in [2.05, 4.69) is 144 Å². The molecule has 2 unspecified atom stereocenters. The minimum atomic E-state index is 0.334. The van der Waals surface area contributed by atoms with Crippen LogP contribution in [0.25, 0.3) is 70.0 Å². The van der Waals surface area contributed by atoms with E-state index in [4.69, 9.17) is 4.98 Å². The number of nitrogens with zero attached hydrogens (tertiary/aromatic N) is 2. The van der Waals surface area contributed by atoms with Crippen LogP contribution in [-0.2, 0) is 0 Å². The number of fused-ring (bicyclic) bond motifs is 12. The molecule has 2 aliphatic carbocycles. The fourth-order valence-electron chi connectivity index (χ4n) is 7.70. The third kappa shape index (κ3) is 3.33. The smallest absolute Gasteiger partial charge is 0.0880 e. The Kier molecular flexibility index (Phi) is 5.02. The van der Waals surface area contributed by atoms with Crippen LogP contribution in [0.2, 0.25) is 0 Å². The Morgan fingerprint density at radius 2 is 1.27 bits per heavy atom. The van der Waals surface area contributed by atoms with Gasteiger partial charge in [0.25, 0.3) is 0 Å². The van der Waals surface area contributed by atoms with Gasteiger partial charge in [-0.3, -0.25) is 4.98 Å². The summed E-state index contributed by atoms with van der Waals surface area (Å²) in [6.07, 6.45) is 11.1. The molecule has 8 aromatic rings. The van der Waals surface area contributed by atoms with Crippen molar-refractivity contribution in [1.29, 1.82) is 0 Å². The molecule has 0 aliphatic heterocycles. The predicted octanol–water partition coefficient (Wildman–Crippen LogP) is 11.2. The van der Waals surface area contributed by atoms with Gasteiger partial charge in [-0.15, -0.1) is 11.3 Å². The van der Waals surface area contributed by atoms with E-state index in [-0.39, 0.29) is 0 Å². The number of pyridine rings is 1. The lowest BCUT2D eigenvalue weighted by Gasteiger charge is -2.34. The molecule has 0 saturated carbocycles. The number of benzene rings is 5. The largest absolute Gasteiger partial charge is 0.309 e. The molecule has 0 fully saturated rings. The number of thiophene rings is 1. The van der Waals surface area contributed by atoms with Crippen molar-refractivity contribution >= 4 is 53.3 Å². The van der Waals surface area contributed by atoms with Crippen LogP contribution < -0.4 is 0 Å². The van der Waals surface area contributed by atoms with Crippen LogP contribution >= 0.6 is 11.3 Å². The summed E-state index contributed by atoms with van der Waals surface area (Å²) in [6, 6.07) is 42.4. The quantitative estimate of drug-likeness (QED) is 0.199. The van der Waals surface area contributed by atoms with Crippen molar-refractivity contribution in [2.45, 2.75) is 11.8 Å². The predicted molar refractivity (Wildman–Crippen MR) is 186 cm³/mol. The second-order valence-electron chi connectivity index (χ2n) is 11.9.